The molecular formula is C27H23FN2O4S. The number of thioether (sulfide) groups is 1. The van der Waals surface area contributed by atoms with Gasteiger partial charge in [-0.15, -0.1) is 0 Å². The molecule has 1 saturated heterocycles. The van der Waals surface area contributed by atoms with Crippen molar-refractivity contribution in [1.82, 2.24) is 4.90 Å². The topological polar surface area (TPSA) is 75.7 Å². The zero-order valence-electron chi connectivity index (χ0n) is 19.2. The van der Waals surface area contributed by atoms with Crippen LogP contribution in [0.1, 0.15) is 22.3 Å². The van der Waals surface area contributed by atoms with Gasteiger partial charge >= 0.3 is 0 Å². The summed E-state index contributed by atoms with van der Waals surface area (Å²) in [4.78, 5) is 38.9. The Kier molecular flexibility index (Phi) is 7.31. The highest BCUT2D eigenvalue weighted by Crippen LogP contribution is 2.33. The molecular weight excluding hydrogens is 467 g/mol. The average molecular weight is 491 g/mol. The van der Waals surface area contributed by atoms with Crippen LogP contribution in [0.15, 0.2) is 71.6 Å². The minimum Gasteiger partial charge on any atom is -0.484 e. The normalized spacial score (nSPS) is 14.5. The largest absolute Gasteiger partial charge is 0.484 e. The SMILES string of the molecule is Cc1cccc(NC(=O)COc2cccc(/C=C3\SC(=O)N(Cc4ccc(F)cc4)C3=O)c2)c1C. The predicted molar refractivity (Wildman–Crippen MR) is 134 cm³/mol. The molecule has 1 fully saturated rings. The third-order valence-electron chi connectivity index (χ3n) is 5.53. The Hall–Kier alpha value is -3.91. The van der Waals surface area contributed by atoms with E-state index < -0.39 is 5.91 Å². The van der Waals surface area contributed by atoms with Crippen LogP contribution >= 0.6 is 11.8 Å². The fourth-order valence-corrected chi connectivity index (χ4v) is 4.31. The van der Waals surface area contributed by atoms with E-state index in [2.05, 4.69) is 5.32 Å². The Morgan fingerprint density at radius 2 is 1.80 bits per heavy atom. The average Bonchev–Trinajstić information content (AvgIpc) is 3.09. The third kappa shape index (κ3) is 5.96. The van der Waals surface area contributed by atoms with E-state index in [1.807, 2.05) is 32.0 Å². The molecule has 0 bridgehead atoms. The van der Waals surface area contributed by atoms with Crippen LogP contribution in [0.3, 0.4) is 0 Å². The van der Waals surface area contributed by atoms with Crippen molar-refractivity contribution in [2.75, 3.05) is 11.9 Å². The van der Waals surface area contributed by atoms with Crippen LogP contribution in [0.25, 0.3) is 6.08 Å². The molecule has 0 radical (unpaired) electrons. The number of rotatable bonds is 7. The van der Waals surface area contributed by atoms with Gasteiger partial charge in [0.15, 0.2) is 6.61 Å². The van der Waals surface area contributed by atoms with Gasteiger partial charge in [-0.3, -0.25) is 19.3 Å². The molecule has 3 amide bonds. The molecule has 0 aliphatic carbocycles. The molecule has 3 aromatic carbocycles. The first-order chi connectivity index (χ1) is 16.8. The van der Waals surface area contributed by atoms with Crippen molar-refractivity contribution in [3.63, 3.8) is 0 Å². The second-order valence-electron chi connectivity index (χ2n) is 8.05. The van der Waals surface area contributed by atoms with E-state index in [4.69, 9.17) is 4.74 Å². The first-order valence-electron chi connectivity index (χ1n) is 10.9. The number of nitrogens with one attached hydrogen (secondary N) is 1. The van der Waals surface area contributed by atoms with Gasteiger partial charge in [0.1, 0.15) is 11.6 Å². The number of benzene rings is 3. The maximum atomic E-state index is 13.1. The van der Waals surface area contributed by atoms with Gasteiger partial charge in [-0.1, -0.05) is 36.4 Å². The van der Waals surface area contributed by atoms with E-state index >= 15 is 0 Å². The highest BCUT2D eigenvalue weighted by molar-refractivity contribution is 8.18. The number of imide groups is 1. The van der Waals surface area contributed by atoms with Crippen LogP contribution in [0.2, 0.25) is 0 Å². The summed E-state index contributed by atoms with van der Waals surface area (Å²) < 4.78 is 18.8. The van der Waals surface area contributed by atoms with Crippen LogP contribution in [-0.4, -0.2) is 28.6 Å². The maximum absolute atomic E-state index is 13.1. The summed E-state index contributed by atoms with van der Waals surface area (Å²) >= 11 is 0.846. The van der Waals surface area contributed by atoms with Crippen molar-refractivity contribution in [2.45, 2.75) is 20.4 Å². The molecule has 35 heavy (non-hydrogen) atoms. The monoisotopic (exact) mass is 490 g/mol. The molecule has 0 unspecified atom stereocenters. The summed E-state index contributed by atoms with van der Waals surface area (Å²) in [5.74, 6) is -0.623. The Morgan fingerprint density at radius 3 is 2.57 bits per heavy atom. The summed E-state index contributed by atoms with van der Waals surface area (Å²) in [7, 11) is 0. The lowest BCUT2D eigenvalue weighted by atomic mass is 10.1. The third-order valence-corrected chi connectivity index (χ3v) is 6.44. The zero-order chi connectivity index (χ0) is 24.9. The first kappa shape index (κ1) is 24.2. The Morgan fingerprint density at radius 1 is 1.06 bits per heavy atom. The number of hydrogen-bond acceptors (Lipinski definition) is 5. The van der Waals surface area contributed by atoms with Gasteiger partial charge in [-0.2, -0.15) is 0 Å². The molecule has 0 spiro atoms. The van der Waals surface area contributed by atoms with Gasteiger partial charge in [0.2, 0.25) is 0 Å². The second-order valence-corrected chi connectivity index (χ2v) is 9.04. The van der Waals surface area contributed by atoms with E-state index in [9.17, 15) is 18.8 Å². The van der Waals surface area contributed by atoms with E-state index in [-0.39, 0.29) is 35.0 Å². The van der Waals surface area contributed by atoms with Gasteiger partial charge < -0.3 is 10.1 Å². The number of halogens is 1. The van der Waals surface area contributed by atoms with Crippen LogP contribution < -0.4 is 10.1 Å². The summed E-state index contributed by atoms with van der Waals surface area (Å²) in [5.41, 5.74) is 4.13. The van der Waals surface area contributed by atoms with Crippen molar-refractivity contribution < 1.29 is 23.5 Å². The molecule has 3 aromatic rings. The van der Waals surface area contributed by atoms with Crippen molar-refractivity contribution in [1.29, 1.82) is 0 Å². The first-order valence-corrected chi connectivity index (χ1v) is 11.7. The molecule has 0 saturated carbocycles. The Bertz CT molecular complexity index is 1320. The van der Waals surface area contributed by atoms with E-state index in [0.717, 1.165) is 33.5 Å². The molecule has 1 N–H and O–H groups in total. The molecule has 0 aromatic heterocycles. The summed E-state index contributed by atoms with van der Waals surface area (Å²) in [6, 6.07) is 18.3. The zero-order valence-corrected chi connectivity index (χ0v) is 20.0. The summed E-state index contributed by atoms with van der Waals surface area (Å²) in [5, 5.41) is 2.46. The molecule has 1 aliphatic rings. The molecule has 4 rings (SSSR count). The number of amides is 3. The summed E-state index contributed by atoms with van der Waals surface area (Å²) in [6.07, 6.45) is 1.61. The quantitative estimate of drug-likeness (QED) is 0.430. The molecule has 1 heterocycles. The molecule has 0 atom stereocenters. The molecule has 178 valence electrons. The van der Waals surface area contributed by atoms with Gasteiger partial charge in [-0.05, 0) is 84.3 Å². The minimum atomic E-state index is -0.413. The van der Waals surface area contributed by atoms with Crippen molar-refractivity contribution in [2.24, 2.45) is 0 Å². The molecule has 8 heteroatoms. The smallest absolute Gasteiger partial charge is 0.293 e. The molecule has 1 aliphatic heterocycles. The second kappa shape index (κ2) is 10.6. The lowest BCUT2D eigenvalue weighted by Crippen LogP contribution is -2.27. The fraction of sp³-hybridized carbons (Fsp3) is 0.148. The Balaban J connectivity index is 1.39. The lowest BCUT2D eigenvalue weighted by molar-refractivity contribution is -0.123. The highest BCUT2D eigenvalue weighted by Gasteiger charge is 2.35. The lowest BCUT2D eigenvalue weighted by Gasteiger charge is -2.12. The highest BCUT2D eigenvalue weighted by atomic mass is 32.2. The van der Waals surface area contributed by atoms with E-state index in [1.165, 1.54) is 12.1 Å². The number of nitrogens with zero attached hydrogens (tertiary/aromatic N) is 1. The van der Waals surface area contributed by atoms with Crippen LogP contribution in [0.4, 0.5) is 14.9 Å². The van der Waals surface area contributed by atoms with Gasteiger partial charge in [-0.25, -0.2) is 4.39 Å². The standard InChI is InChI=1S/C27H23FN2O4S/c1-17-5-3-8-23(18(17)2)29-25(31)16-34-22-7-4-6-20(13-22)14-24-26(32)30(27(33)35-24)15-19-9-11-21(28)12-10-19/h3-14H,15-16H2,1-2H3,(H,29,31)/b24-14-. The number of carbonyl (C=O) groups is 3. The Labute approximate surface area is 206 Å². The molecule has 6 nitrogen and oxygen atoms in total. The van der Waals surface area contributed by atoms with Crippen molar-refractivity contribution in [3.05, 3.63) is 99.7 Å². The minimum absolute atomic E-state index is 0.0704. The number of carbonyl (C=O) groups excluding carboxylic acids is 3. The maximum Gasteiger partial charge on any atom is 0.293 e. The van der Waals surface area contributed by atoms with E-state index in [1.54, 1.807) is 42.5 Å². The van der Waals surface area contributed by atoms with Gasteiger partial charge in [0.25, 0.3) is 17.1 Å². The van der Waals surface area contributed by atoms with Crippen LogP contribution in [0, 0.1) is 19.7 Å². The number of hydrogen-bond donors (Lipinski definition) is 1. The van der Waals surface area contributed by atoms with Crippen LogP contribution in [-0.2, 0) is 16.1 Å². The van der Waals surface area contributed by atoms with Crippen molar-refractivity contribution >= 4 is 40.6 Å². The summed E-state index contributed by atoms with van der Waals surface area (Å²) in [6.45, 7) is 3.81. The number of aryl methyl sites for hydroxylation is 1. The van der Waals surface area contributed by atoms with E-state index in [0.29, 0.717) is 16.9 Å². The fourth-order valence-electron chi connectivity index (χ4n) is 3.48. The predicted octanol–water partition coefficient (Wildman–Crippen LogP) is 5.70. The number of ether oxygens (including phenoxy) is 1. The van der Waals surface area contributed by atoms with Gasteiger partial charge in [0, 0.05) is 5.69 Å². The van der Waals surface area contributed by atoms with Crippen LogP contribution in [0.5, 0.6) is 5.75 Å². The van der Waals surface area contributed by atoms with Crippen molar-refractivity contribution in [3.8, 4) is 5.75 Å². The van der Waals surface area contributed by atoms with Gasteiger partial charge in [0.05, 0.1) is 11.4 Å². The number of anilines is 1.